The first-order valence-corrected chi connectivity index (χ1v) is 9.83. The molecule has 4 rings (SSSR count). The fourth-order valence-electron chi connectivity index (χ4n) is 3.93. The standard InChI is InChI=1S/C20H27N5O2/c26-20(25-8-1-2-16(14-25)13-24-9-7-21-15-24)17-3-4-19(22-12-17)23-18-5-10-27-11-6-18/h3-4,7,9,12,15-16,18H,1-2,5-6,8,10-11,13-14H2,(H,22,23). The van der Waals surface area contributed by atoms with Crippen LogP contribution in [0.25, 0.3) is 0 Å². The third-order valence-electron chi connectivity index (χ3n) is 5.42. The first-order chi connectivity index (χ1) is 13.3. The number of imidazole rings is 1. The van der Waals surface area contributed by atoms with E-state index < -0.39 is 0 Å². The van der Waals surface area contributed by atoms with Gasteiger partial charge in [-0.15, -0.1) is 0 Å². The number of hydrogen-bond donors (Lipinski definition) is 1. The van der Waals surface area contributed by atoms with Crippen molar-refractivity contribution in [1.29, 1.82) is 0 Å². The second-order valence-electron chi connectivity index (χ2n) is 7.48. The highest BCUT2D eigenvalue weighted by Gasteiger charge is 2.25. The largest absolute Gasteiger partial charge is 0.381 e. The van der Waals surface area contributed by atoms with E-state index in [2.05, 4.69) is 19.9 Å². The molecule has 2 saturated heterocycles. The van der Waals surface area contributed by atoms with Crippen molar-refractivity contribution in [3.63, 3.8) is 0 Å². The molecule has 7 heteroatoms. The molecule has 4 heterocycles. The maximum absolute atomic E-state index is 12.9. The van der Waals surface area contributed by atoms with Gasteiger partial charge in [0.05, 0.1) is 11.9 Å². The molecule has 0 aliphatic carbocycles. The summed E-state index contributed by atoms with van der Waals surface area (Å²) in [6.45, 7) is 4.11. The van der Waals surface area contributed by atoms with E-state index in [1.54, 1.807) is 12.4 Å². The van der Waals surface area contributed by atoms with Gasteiger partial charge in [0.25, 0.3) is 5.91 Å². The molecule has 7 nitrogen and oxygen atoms in total. The Morgan fingerprint density at radius 2 is 2.15 bits per heavy atom. The third-order valence-corrected chi connectivity index (χ3v) is 5.42. The van der Waals surface area contributed by atoms with Gasteiger partial charge in [0.1, 0.15) is 5.82 Å². The molecule has 0 bridgehead atoms. The Balaban J connectivity index is 1.34. The molecule has 2 aliphatic rings. The molecule has 0 saturated carbocycles. The Labute approximate surface area is 159 Å². The lowest BCUT2D eigenvalue weighted by Gasteiger charge is -2.33. The number of piperidine rings is 1. The maximum Gasteiger partial charge on any atom is 0.255 e. The van der Waals surface area contributed by atoms with Gasteiger partial charge in [-0.1, -0.05) is 0 Å². The van der Waals surface area contributed by atoms with Crippen LogP contribution < -0.4 is 5.32 Å². The van der Waals surface area contributed by atoms with Gasteiger partial charge in [-0.3, -0.25) is 4.79 Å². The van der Waals surface area contributed by atoms with Crippen LogP contribution in [0.3, 0.4) is 0 Å². The van der Waals surface area contributed by atoms with Gasteiger partial charge in [0.15, 0.2) is 0 Å². The molecule has 1 amide bonds. The summed E-state index contributed by atoms with van der Waals surface area (Å²) < 4.78 is 7.48. The summed E-state index contributed by atoms with van der Waals surface area (Å²) in [5.41, 5.74) is 0.663. The number of pyridine rings is 1. The minimum Gasteiger partial charge on any atom is -0.381 e. The Bertz CT molecular complexity index is 725. The molecular formula is C20H27N5O2. The Hall–Kier alpha value is -2.41. The summed E-state index contributed by atoms with van der Waals surface area (Å²) in [5, 5.41) is 3.43. The van der Waals surface area contributed by atoms with Crippen LogP contribution in [0.4, 0.5) is 5.82 Å². The fourth-order valence-corrected chi connectivity index (χ4v) is 3.93. The second-order valence-corrected chi connectivity index (χ2v) is 7.48. The zero-order valence-electron chi connectivity index (χ0n) is 15.6. The van der Waals surface area contributed by atoms with Crippen LogP contribution in [0, 0.1) is 5.92 Å². The second kappa shape index (κ2) is 8.52. The van der Waals surface area contributed by atoms with Gasteiger partial charge in [0.2, 0.25) is 0 Å². The number of rotatable bonds is 5. The maximum atomic E-state index is 12.9. The third kappa shape index (κ3) is 4.66. The number of carbonyl (C=O) groups is 1. The van der Waals surface area contributed by atoms with Gasteiger partial charge in [-0.2, -0.15) is 0 Å². The van der Waals surface area contributed by atoms with Crippen LogP contribution in [0.2, 0.25) is 0 Å². The number of nitrogens with zero attached hydrogens (tertiary/aromatic N) is 4. The molecule has 1 unspecified atom stereocenters. The van der Waals surface area contributed by atoms with Crippen molar-refractivity contribution in [1.82, 2.24) is 19.4 Å². The first-order valence-electron chi connectivity index (χ1n) is 9.83. The lowest BCUT2D eigenvalue weighted by atomic mass is 9.97. The number of likely N-dealkylation sites (tertiary alicyclic amines) is 1. The number of amides is 1. The van der Waals surface area contributed by atoms with Crippen LogP contribution in [0.1, 0.15) is 36.0 Å². The minimum absolute atomic E-state index is 0.0791. The van der Waals surface area contributed by atoms with Crippen LogP contribution >= 0.6 is 0 Å². The van der Waals surface area contributed by atoms with Gasteiger partial charge in [-0.25, -0.2) is 9.97 Å². The number of anilines is 1. The van der Waals surface area contributed by atoms with Gasteiger partial charge in [0, 0.05) is 57.5 Å². The first kappa shape index (κ1) is 18.0. The summed E-state index contributed by atoms with van der Waals surface area (Å²) in [4.78, 5) is 23.4. The fraction of sp³-hybridized carbons (Fsp3) is 0.550. The molecule has 0 spiro atoms. The monoisotopic (exact) mass is 369 g/mol. The van der Waals surface area contributed by atoms with Crippen molar-refractivity contribution in [3.8, 4) is 0 Å². The highest BCUT2D eigenvalue weighted by Crippen LogP contribution is 2.21. The molecule has 2 aromatic rings. The Kier molecular flexibility index (Phi) is 5.67. The van der Waals surface area contributed by atoms with Crippen molar-refractivity contribution in [3.05, 3.63) is 42.6 Å². The molecule has 2 aliphatic heterocycles. The topological polar surface area (TPSA) is 72.3 Å². The molecule has 2 aromatic heterocycles. The van der Waals surface area contributed by atoms with Crippen LogP contribution in [-0.2, 0) is 11.3 Å². The van der Waals surface area contributed by atoms with E-state index in [1.807, 2.05) is 29.6 Å². The van der Waals surface area contributed by atoms with Crippen LogP contribution in [-0.4, -0.2) is 57.7 Å². The summed E-state index contributed by atoms with van der Waals surface area (Å²) in [5.74, 6) is 1.38. The van der Waals surface area contributed by atoms with E-state index in [-0.39, 0.29) is 5.91 Å². The normalized spacial score (nSPS) is 21.2. The molecule has 0 aromatic carbocycles. The lowest BCUT2D eigenvalue weighted by Crippen LogP contribution is -2.41. The molecule has 2 fully saturated rings. The van der Waals surface area contributed by atoms with Crippen molar-refractivity contribution < 1.29 is 9.53 Å². The smallest absolute Gasteiger partial charge is 0.255 e. The van der Waals surface area contributed by atoms with Crippen LogP contribution in [0.15, 0.2) is 37.1 Å². The average Bonchev–Trinajstić information content (AvgIpc) is 3.22. The predicted octanol–water partition coefficient (Wildman–Crippen LogP) is 2.42. The number of carbonyl (C=O) groups excluding carboxylic acids is 1. The predicted molar refractivity (Wildman–Crippen MR) is 103 cm³/mol. The zero-order valence-corrected chi connectivity index (χ0v) is 15.6. The Morgan fingerprint density at radius 3 is 2.89 bits per heavy atom. The van der Waals surface area contributed by atoms with Crippen LogP contribution in [0.5, 0.6) is 0 Å². The SMILES string of the molecule is O=C(c1ccc(NC2CCOCC2)nc1)N1CCCC(Cn2ccnc2)C1. The molecule has 27 heavy (non-hydrogen) atoms. The summed E-state index contributed by atoms with van der Waals surface area (Å²) >= 11 is 0. The highest BCUT2D eigenvalue weighted by molar-refractivity contribution is 5.94. The highest BCUT2D eigenvalue weighted by atomic mass is 16.5. The molecule has 144 valence electrons. The van der Waals surface area contributed by atoms with E-state index in [4.69, 9.17) is 4.74 Å². The molecule has 0 radical (unpaired) electrons. The number of aromatic nitrogens is 3. The summed E-state index contributed by atoms with van der Waals surface area (Å²) in [6, 6.07) is 4.20. The average molecular weight is 369 g/mol. The number of ether oxygens (including phenoxy) is 1. The molecule has 1 N–H and O–H groups in total. The quantitative estimate of drug-likeness (QED) is 0.876. The van der Waals surface area contributed by atoms with Crippen molar-refractivity contribution in [2.45, 2.75) is 38.3 Å². The summed E-state index contributed by atoms with van der Waals surface area (Å²) in [6.07, 6.45) is 11.5. The van der Waals surface area contributed by atoms with E-state index in [0.717, 1.165) is 64.3 Å². The van der Waals surface area contributed by atoms with Gasteiger partial charge in [-0.05, 0) is 43.7 Å². The summed E-state index contributed by atoms with van der Waals surface area (Å²) in [7, 11) is 0. The lowest BCUT2D eigenvalue weighted by molar-refractivity contribution is 0.0662. The minimum atomic E-state index is 0.0791. The van der Waals surface area contributed by atoms with E-state index in [0.29, 0.717) is 17.5 Å². The zero-order chi connectivity index (χ0) is 18.5. The van der Waals surface area contributed by atoms with E-state index in [1.165, 1.54) is 0 Å². The number of nitrogens with one attached hydrogen (secondary N) is 1. The van der Waals surface area contributed by atoms with E-state index in [9.17, 15) is 4.79 Å². The van der Waals surface area contributed by atoms with Gasteiger partial charge >= 0.3 is 0 Å². The van der Waals surface area contributed by atoms with Crippen molar-refractivity contribution >= 4 is 11.7 Å². The Morgan fingerprint density at radius 1 is 1.26 bits per heavy atom. The molecule has 1 atom stereocenters. The van der Waals surface area contributed by atoms with Crippen molar-refractivity contribution in [2.75, 3.05) is 31.6 Å². The van der Waals surface area contributed by atoms with Crippen molar-refractivity contribution in [2.24, 2.45) is 5.92 Å². The van der Waals surface area contributed by atoms with E-state index >= 15 is 0 Å². The van der Waals surface area contributed by atoms with Gasteiger partial charge < -0.3 is 19.5 Å². The number of hydrogen-bond acceptors (Lipinski definition) is 5. The molecular weight excluding hydrogens is 342 g/mol.